The van der Waals surface area contributed by atoms with Gasteiger partial charge in [0, 0.05) is 25.7 Å². The van der Waals surface area contributed by atoms with Crippen molar-refractivity contribution >= 4 is 11.6 Å². The highest BCUT2D eigenvalue weighted by Gasteiger charge is 2.04. The number of hydrogen-bond donors (Lipinski definition) is 2. The number of nitrogens with one attached hydrogen (secondary N) is 2. The minimum atomic E-state index is -0.0439. The summed E-state index contributed by atoms with van der Waals surface area (Å²) in [5.41, 5.74) is 3.40. The van der Waals surface area contributed by atoms with Gasteiger partial charge in [0.1, 0.15) is 0 Å². The van der Waals surface area contributed by atoms with E-state index < -0.39 is 0 Å². The van der Waals surface area contributed by atoms with Crippen LogP contribution >= 0.6 is 0 Å². The van der Waals surface area contributed by atoms with Crippen molar-refractivity contribution in [1.29, 1.82) is 0 Å². The Labute approximate surface area is 126 Å². The molecule has 0 aliphatic heterocycles. The quantitative estimate of drug-likeness (QED) is 0.851. The van der Waals surface area contributed by atoms with E-state index >= 15 is 0 Å². The molecule has 0 saturated carbocycles. The molecule has 1 atom stereocenters. The molecule has 3 heteroatoms. The van der Waals surface area contributed by atoms with Gasteiger partial charge in [-0.05, 0) is 29.2 Å². The van der Waals surface area contributed by atoms with E-state index in [-0.39, 0.29) is 5.91 Å². The second-order valence-electron chi connectivity index (χ2n) is 5.32. The molecule has 0 aliphatic rings. The molecule has 21 heavy (non-hydrogen) atoms. The summed E-state index contributed by atoms with van der Waals surface area (Å²) >= 11 is 0. The average Bonchev–Trinajstić information content (AvgIpc) is 2.49. The fraction of sp³-hybridized carbons (Fsp3) is 0.278. The Bertz CT molecular complexity index is 564. The summed E-state index contributed by atoms with van der Waals surface area (Å²) in [6.07, 6.45) is 0. The first-order valence-electron chi connectivity index (χ1n) is 7.27. The maximum atomic E-state index is 11.0. The molecule has 0 bridgehead atoms. The van der Waals surface area contributed by atoms with Crippen molar-refractivity contribution < 1.29 is 4.79 Å². The number of anilines is 1. The molecule has 0 heterocycles. The molecule has 2 aromatic carbocycles. The lowest BCUT2D eigenvalue weighted by molar-refractivity contribution is -0.114. The van der Waals surface area contributed by atoms with E-state index in [2.05, 4.69) is 41.8 Å². The van der Waals surface area contributed by atoms with Crippen LogP contribution in [0.3, 0.4) is 0 Å². The van der Waals surface area contributed by atoms with Crippen molar-refractivity contribution in [2.75, 3.05) is 11.9 Å². The maximum Gasteiger partial charge on any atom is 0.221 e. The first kappa shape index (κ1) is 15.3. The fourth-order valence-corrected chi connectivity index (χ4v) is 2.24. The van der Waals surface area contributed by atoms with Crippen LogP contribution in [0.1, 0.15) is 30.9 Å². The van der Waals surface area contributed by atoms with Crippen molar-refractivity contribution in [2.45, 2.75) is 26.3 Å². The average molecular weight is 282 g/mol. The molecule has 0 aromatic heterocycles. The Balaban J connectivity index is 1.79. The number of carbonyl (C=O) groups excluding carboxylic acids is 1. The van der Waals surface area contributed by atoms with Crippen LogP contribution in [0.4, 0.5) is 5.69 Å². The van der Waals surface area contributed by atoms with Crippen LogP contribution < -0.4 is 10.6 Å². The summed E-state index contributed by atoms with van der Waals surface area (Å²) in [5.74, 6) is 0.447. The van der Waals surface area contributed by atoms with E-state index in [4.69, 9.17) is 0 Å². The van der Waals surface area contributed by atoms with Crippen molar-refractivity contribution in [3.05, 3.63) is 65.7 Å². The predicted molar refractivity (Wildman–Crippen MR) is 87.3 cm³/mol. The van der Waals surface area contributed by atoms with E-state index in [9.17, 15) is 4.79 Å². The molecule has 0 saturated heterocycles. The molecule has 1 amide bonds. The van der Waals surface area contributed by atoms with E-state index in [1.807, 2.05) is 30.3 Å². The van der Waals surface area contributed by atoms with Crippen LogP contribution in [0.25, 0.3) is 0 Å². The van der Waals surface area contributed by atoms with Crippen LogP contribution in [0.2, 0.25) is 0 Å². The summed E-state index contributed by atoms with van der Waals surface area (Å²) in [4.78, 5) is 11.0. The van der Waals surface area contributed by atoms with Gasteiger partial charge >= 0.3 is 0 Å². The lowest BCUT2D eigenvalue weighted by atomic mass is 10.0. The summed E-state index contributed by atoms with van der Waals surface area (Å²) in [6, 6.07) is 18.4. The molecular formula is C18H22N2O. The highest BCUT2D eigenvalue weighted by molar-refractivity contribution is 5.88. The molecule has 0 spiro atoms. The van der Waals surface area contributed by atoms with Gasteiger partial charge in [-0.15, -0.1) is 0 Å². The number of carbonyl (C=O) groups is 1. The Kier molecular flexibility index (Phi) is 5.52. The number of amides is 1. The normalized spacial score (nSPS) is 11.9. The third kappa shape index (κ3) is 5.04. The Morgan fingerprint density at radius 3 is 2.33 bits per heavy atom. The van der Waals surface area contributed by atoms with Crippen LogP contribution in [0.15, 0.2) is 54.6 Å². The van der Waals surface area contributed by atoms with Crippen LogP contribution in [0.5, 0.6) is 0 Å². The van der Waals surface area contributed by atoms with Gasteiger partial charge in [0.2, 0.25) is 5.91 Å². The van der Waals surface area contributed by atoms with Crippen molar-refractivity contribution in [3.63, 3.8) is 0 Å². The topological polar surface area (TPSA) is 41.1 Å². The zero-order chi connectivity index (χ0) is 15.1. The highest BCUT2D eigenvalue weighted by Crippen LogP contribution is 2.14. The predicted octanol–water partition coefficient (Wildman–Crippen LogP) is 3.54. The minimum absolute atomic E-state index is 0.0439. The van der Waals surface area contributed by atoms with E-state index in [1.165, 1.54) is 18.1 Å². The molecule has 3 nitrogen and oxygen atoms in total. The second-order valence-corrected chi connectivity index (χ2v) is 5.32. The van der Waals surface area contributed by atoms with E-state index in [0.29, 0.717) is 5.92 Å². The zero-order valence-corrected chi connectivity index (χ0v) is 12.6. The van der Waals surface area contributed by atoms with Crippen LogP contribution in [0, 0.1) is 0 Å². The van der Waals surface area contributed by atoms with Gasteiger partial charge in [0.15, 0.2) is 0 Å². The van der Waals surface area contributed by atoms with Gasteiger partial charge in [-0.1, -0.05) is 49.4 Å². The number of rotatable bonds is 6. The summed E-state index contributed by atoms with van der Waals surface area (Å²) in [6.45, 7) is 5.51. The zero-order valence-electron chi connectivity index (χ0n) is 12.6. The fourth-order valence-electron chi connectivity index (χ4n) is 2.24. The maximum absolute atomic E-state index is 11.0. The first-order chi connectivity index (χ1) is 10.1. The molecule has 0 fully saturated rings. The van der Waals surface area contributed by atoms with Gasteiger partial charge in [-0.2, -0.15) is 0 Å². The summed E-state index contributed by atoms with van der Waals surface area (Å²) in [5, 5.41) is 6.24. The lowest BCUT2D eigenvalue weighted by Gasteiger charge is -2.13. The van der Waals surface area contributed by atoms with Gasteiger partial charge in [-0.25, -0.2) is 0 Å². The lowest BCUT2D eigenvalue weighted by Crippen LogP contribution is -2.19. The molecule has 0 unspecified atom stereocenters. The Morgan fingerprint density at radius 1 is 1.05 bits per heavy atom. The van der Waals surface area contributed by atoms with Gasteiger partial charge in [0.05, 0.1) is 0 Å². The Hall–Kier alpha value is -2.13. The third-order valence-corrected chi connectivity index (χ3v) is 3.42. The molecule has 0 radical (unpaired) electrons. The van der Waals surface area contributed by atoms with Gasteiger partial charge in [0.25, 0.3) is 0 Å². The first-order valence-corrected chi connectivity index (χ1v) is 7.27. The van der Waals surface area contributed by atoms with Crippen molar-refractivity contribution in [3.8, 4) is 0 Å². The SMILES string of the molecule is CC(=O)Nc1ccc(CNC[C@H](C)c2ccccc2)cc1. The molecule has 2 aromatic rings. The molecule has 2 rings (SSSR count). The van der Waals surface area contributed by atoms with Crippen molar-refractivity contribution in [1.82, 2.24) is 5.32 Å². The molecule has 0 aliphatic carbocycles. The standard InChI is InChI=1S/C18H22N2O/c1-14(17-6-4-3-5-7-17)12-19-13-16-8-10-18(11-9-16)20-15(2)21/h3-11,14,19H,12-13H2,1-2H3,(H,20,21)/t14-/m0/s1. The Morgan fingerprint density at radius 2 is 1.71 bits per heavy atom. The van der Waals surface area contributed by atoms with Crippen LogP contribution in [-0.2, 0) is 11.3 Å². The van der Waals surface area contributed by atoms with E-state index in [1.54, 1.807) is 0 Å². The largest absolute Gasteiger partial charge is 0.326 e. The van der Waals surface area contributed by atoms with Crippen LogP contribution in [-0.4, -0.2) is 12.5 Å². The molecule has 110 valence electrons. The second kappa shape index (κ2) is 7.60. The monoisotopic (exact) mass is 282 g/mol. The molecular weight excluding hydrogens is 260 g/mol. The number of hydrogen-bond acceptors (Lipinski definition) is 2. The molecule has 2 N–H and O–H groups in total. The third-order valence-electron chi connectivity index (χ3n) is 3.42. The summed E-state index contributed by atoms with van der Waals surface area (Å²) < 4.78 is 0. The highest BCUT2D eigenvalue weighted by atomic mass is 16.1. The van der Waals surface area contributed by atoms with Gasteiger partial charge < -0.3 is 10.6 Å². The van der Waals surface area contributed by atoms with Gasteiger partial charge in [-0.3, -0.25) is 4.79 Å². The van der Waals surface area contributed by atoms with E-state index in [0.717, 1.165) is 18.8 Å². The summed E-state index contributed by atoms with van der Waals surface area (Å²) in [7, 11) is 0. The van der Waals surface area contributed by atoms with Crippen molar-refractivity contribution in [2.24, 2.45) is 0 Å². The number of benzene rings is 2. The smallest absolute Gasteiger partial charge is 0.221 e. The minimum Gasteiger partial charge on any atom is -0.326 e.